The van der Waals surface area contributed by atoms with Gasteiger partial charge in [0.1, 0.15) is 19.8 Å². The first-order valence-corrected chi connectivity index (χ1v) is 8.69. The van der Waals surface area contributed by atoms with Gasteiger partial charge in [-0.05, 0) is 25.0 Å². The standard InChI is InChI=1S/C18H21NO6/c20-17-8-12(18(21)25-11-14-2-1-5-22-14)10-19(17)13-3-4-15-16(9-13)24-7-6-23-15/h3-4,9,12,14H,1-2,5-8,10-11H2/t12-,14-/m0/s1. The van der Waals surface area contributed by atoms with Crippen molar-refractivity contribution in [3.63, 3.8) is 0 Å². The number of carbonyl (C=O) groups excluding carboxylic acids is 2. The predicted molar refractivity (Wildman–Crippen MR) is 87.8 cm³/mol. The van der Waals surface area contributed by atoms with E-state index >= 15 is 0 Å². The number of hydrogen-bond donors (Lipinski definition) is 0. The van der Waals surface area contributed by atoms with Crippen molar-refractivity contribution in [3.05, 3.63) is 18.2 Å². The molecule has 2 fully saturated rings. The van der Waals surface area contributed by atoms with Gasteiger partial charge >= 0.3 is 5.97 Å². The maximum absolute atomic E-state index is 12.3. The van der Waals surface area contributed by atoms with Crippen LogP contribution in [0.1, 0.15) is 19.3 Å². The summed E-state index contributed by atoms with van der Waals surface area (Å²) in [6.07, 6.45) is 2.08. The number of anilines is 1. The van der Waals surface area contributed by atoms with Crippen molar-refractivity contribution in [2.24, 2.45) is 5.92 Å². The smallest absolute Gasteiger partial charge is 0.311 e. The number of ether oxygens (including phenoxy) is 4. The monoisotopic (exact) mass is 347 g/mol. The Morgan fingerprint density at radius 3 is 2.84 bits per heavy atom. The lowest BCUT2D eigenvalue weighted by Gasteiger charge is -2.22. The highest BCUT2D eigenvalue weighted by atomic mass is 16.6. The first-order chi connectivity index (χ1) is 12.2. The van der Waals surface area contributed by atoms with Gasteiger partial charge in [-0.1, -0.05) is 0 Å². The molecule has 3 aliphatic rings. The van der Waals surface area contributed by atoms with Crippen LogP contribution in [0.5, 0.6) is 11.5 Å². The van der Waals surface area contributed by atoms with E-state index in [4.69, 9.17) is 18.9 Å². The highest BCUT2D eigenvalue weighted by molar-refractivity contribution is 5.99. The van der Waals surface area contributed by atoms with E-state index < -0.39 is 5.92 Å². The average Bonchev–Trinajstić information content (AvgIpc) is 3.29. The number of amides is 1. The lowest BCUT2D eigenvalue weighted by atomic mass is 10.1. The third-order valence-electron chi connectivity index (χ3n) is 4.73. The third kappa shape index (κ3) is 3.42. The zero-order valence-electron chi connectivity index (χ0n) is 13.9. The minimum Gasteiger partial charge on any atom is -0.486 e. The highest BCUT2D eigenvalue weighted by Gasteiger charge is 2.37. The molecule has 7 nitrogen and oxygen atoms in total. The van der Waals surface area contributed by atoms with Crippen LogP contribution in [0, 0.1) is 5.92 Å². The quantitative estimate of drug-likeness (QED) is 0.769. The van der Waals surface area contributed by atoms with Crippen molar-refractivity contribution in [1.29, 1.82) is 0 Å². The van der Waals surface area contributed by atoms with Gasteiger partial charge in [-0.3, -0.25) is 9.59 Å². The molecule has 0 saturated carbocycles. The number of esters is 1. The zero-order valence-corrected chi connectivity index (χ0v) is 13.9. The van der Waals surface area contributed by atoms with E-state index in [2.05, 4.69) is 0 Å². The Bertz CT molecular complexity index is 670. The second-order valence-electron chi connectivity index (χ2n) is 6.50. The van der Waals surface area contributed by atoms with Crippen LogP contribution < -0.4 is 14.4 Å². The molecule has 0 N–H and O–H groups in total. The molecule has 0 spiro atoms. The lowest BCUT2D eigenvalue weighted by Crippen LogP contribution is -2.28. The van der Waals surface area contributed by atoms with Crippen LogP contribution in [0.25, 0.3) is 0 Å². The summed E-state index contributed by atoms with van der Waals surface area (Å²) in [6.45, 7) is 2.33. The van der Waals surface area contributed by atoms with Crippen LogP contribution in [-0.2, 0) is 19.1 Å². The molecule has 7 heteroatoms. The summed E-state index contributed by atoms with van der Waals surface area (Å²) in [5, 5.41) is 0. The Labute approximate surface area is 145 Å². The molecule has 0 radical (unpaired) electrons. The summed E-state index contributed by atoms with van der Waals surface area (Å²) in [6, 6.07) is 5.39. The number of rotatable bonds is 4. The maximum atomic E-state index is 12.3. The van der Waals surface area contributed by atoms with Gasteiger partial charge in [-0.25, -0.2) is 0 Å². The number of hydrogen-bond acceptors (Lipinski definition) is 6. The first kappa shape index (κ1) is 16.2. The summed E-state index contributed by atoms with van der Waals surface area (Å²) in [4.78, 5) is 26.2. The molecule has 0 aliphatic carbocycles. The second-order valence-corrected chi connectivity index (χ2v) is 6.50. The Hall–Kier alpha value is -2.28. The molecule has 3 heterocycles. The molecule has 2 atom stereocenters. The number of fused-ring (bicyclic) bond motifs is 1. The SMILES string of the molecule is O=C(OC[C@@H]1CCCO1)[C@H]1CC(=O)N(c2ccc3c(c2)OCCO3)C1. The van der Waals surface area contributed by atoms with Crippen LogP contribution in [0.4, 0.5) is 5.69 Å². The van der Waals surface area contributed by atoms with Crippen LogP contribution in [0.15, 0.2) is 18.2 Å². The summed E-state index contributed by atoms with van der Waals surface area (Å²) >= 11 is 0. The minimum absolute atomic E-state index is 0.00467. The fourth-order valence-electron chi connectivity index (χ4n) is 3.38. The summed E-state index contributed by atoms with van der Waals surface area (Å²) < 4.78 is 21.8. The molecule has 1 aromatic rings. The van der Waals surface area contributed by atoms with Gasteiger partial charge in [0.05, 0.1) is 12.0 Å². The molecule has 1 amide bonds. The topological polar surface area (TPSA) is 74.3 Å². The van der Waals surface area contributed by atoms with Crippen LogP contribution in [0.2, 0.25) is 0 Å². The van der Waals surface area contributed by atoms with Gasteiger partial charge in [-0.15, -0.1) is 0 Å². The molecule has 3 aliphatic heterocycles. The van der Waals surface area contributed by atoms with Gasteiger partial charge in [0.2, 0.25) is 5.91 Å². The van der Waals surface area contributed by atoms with Crippen LogP contribution in [-0.4, -0.2) is 51.0 Å². The van der Waals surface area contributed by atoms with Crippen molar-refractivity contribution in [3.8, 4) is 11.5 Å². The molecule has 0 bridgehead atoms. The predicted octanol–water partition coefficient (Wildman–Crippen LogP) is 1.53. The van der Waals surface area contributed by atoms with E-state index in [1.54, 1.807) is 17.0 Å². The number of carbonyl (C=O) groups is 2. The third-order valence-corrected chi connectivity index (χ3v) is 4.73. The molecule has 4 rings (SSSR count). The minimum atomic E-state index is -0.442. The molecule has 0 unspecified atom stereocenters. The number of nitrogens with zero attached hydrogens (tertiary/aromatic N) is 1. The summed E-state index contributed by atoms with van der Waals surface area (Å²) in [5.74, 6) is 0.442. The zero-order chi connectivity index (χ0) is 17.2. The van der Waals surface area contributed by atoms with Gasteiger partial charge in [-0.2, -0.15) is 0 Å². The normalized spacial score (nSPS) is 25.3. The Balaban J connectivity index is 1.39. The fraction of sp³-hybridized carbons (Fsp3) is 0.556. The van der Waals surface area contributed by atoms with E-state index in [1.807, 2.05) is 6.07 Å². The first-order valence-electron chi connectivity index (χ1n) is 8.69. The summed E-state index contributed by atoms with van der Waals surface area (Å²) in [7, 11) is 0. The molecule has 25 heavy (non-hydrogen) atoms. The Kier molecular flexibility index (Phi) is 4.48. The second kappa shape index (κ2) is 6.92. The summed E-state index contributed by atoms with van der Waals surface area (Å²) in [5.41, 5.74) is 0.712. The molecule has 0 aromatic heterocycles. The molecular formula is C18H21NO6. The van der Waals surface area contributed by atoms with Crippen LogP contribution in [0.3, 0.4) is 0 Å². The van der Waals surface area contributed by atoms with Crippen molar-refractivity contribution in [2.75, 3.05) is 37.9 Å². The van der Waals surface area contributed by atoms with Crippen molar-refractivity contribution < 1.29 is 28.5 Å². The Morgan fingerprint density at radius 2 is 2.04 bits per heavy atom. The number of benzene rings is 1. The van der Waals surface area contributed by atoms with E-state index in [0.29, 0.717) is 36.9 Å². The van der Waals surface area contributed by atoms with Gasteiger partial charge in [0.25, 0.3) is 0 Å². The van der Waals surface area contributed by atoms with Gasteiger partial charge in [0, 0.05) is 31.3 Å². The molecular weight excluding hydrogens is 326 g/mol. The molecule has 2 saturated heterocycles. The van der Waals surface area contributed by atoms with Crippen molar-refractivity contribution in [2.45, 2.75) is 25.4 Å². The molecule has 1 aromatic carbocycles. The fourth-order valence-corrected chi connectivity index (χ4v) is 3.38. The van der Waals surface area contributed by atoms with E-state index in [0.717, 1.165) is 19.4 Å². The largest absolute Gasteiger partial charge is 0.486 e. The van der Waals surface area contributed by atoms with E-state index in [-0.39, 0.29) is 31.0 Å². The van der Waals surface area contributed by atoms with Crippen molar-refractivity contribution >= 4 is 17.6 Å². The van der Waals surface area contributed by atoms with Crippen molar-refractivity contribution in [1.82, 2.24) is 0 Å². The van der Waals surface area contributed by atoms with Crippen LogP contribution >= 0.6 is 0 Å². The lowest BCUT2D eigenvalue weighted by molar-refractivity contribution is -0.151. The van der Waals surface area contributed by atoms with E-state index in [9.17, 15) is 9.59 Å². The maximum Gasteiger partial charge on any atom is 0.311 e. The van der Waals surface area contributed by atoms with Gasteiger partial charge in [0.15, 0.2) is 11.5 Å². The Morgan fingerprint density at radius 1 is 1.20 bits per heavy atom. The van der Waals surface area contributed by atoms with Gasteiger partial charge < -0.3 is 23.8 Å². The average molecular weight is 347 g/mol. The molecule has 134 valence electrons. The van der Waals surface area contributed by atoms with E-state index in [1.165, 1.54) is 0 Å². The highest BCUT2D eigenvalue weighted by Crippen LogP contribution is 2.36.